The van der Waals surface area contributed by atoms with Gasteiger partial charge < -0.3 is 19.5 Å². The summed E-state index contributed by atoms with van der Waals surface area (Å²) in [6, 6.07) is 0. The average molecular weight is 486 g/mol. The van der Waals surface area contributed by atoms with E-state index in [4.69, 9.17) is 14.6 Å². The average Bonchev–Trinajstić information content (AvgIpc) is 3.10. The first kappa shape index (κ1) is 26.9. The highest BCUT2D eigenvalue weighted by Crippen LogP contribution is 2.61. The Balaban J connectivity index is 1.95. The zero-order chi connectivity index (χ0) is 25.8. The molecule has 1 heterocycles. The summed E-state index contributed by atoms with van der Waals surface area (Å²) in [4.78, 5) is 39.2. The number of ether oxygens (including phenoxy) is 2. The summed E-state index contributed by atoms with van der Waals surface area (Å²) in [5.74, 6) is -1.42. The number of carboxylic acids is 1. The Kier molecular flexibility index (Phi) is 8.42. The number of hydrogen-bond acceptors (Lipinski definition) is 5. The first-order valence-electron chi connectivity index (χ1n) is 12.5. The molecule has 192 valence electrons. The van der Waals surface area contributed by atoms with Gasteiger partial charge in [0.05, 0.1) is 0 Å². The molecule has 2 aliphatic carbocycles. The second kappa shape index (κ2) is 10.9. The lowest BCUT2D eigenvalue weighted by atomic mass is 9.49. The Morgan fingerprint density at radius 2 is 1.86 bits per heavy atom. The summed E-state index contributed by atoms with van der Waals surface area (Å²) in [6.07, 6.45) is 12.6. The van der Waals surface area contributed by atoms with Crippen LogP contribution in [0.3, 0.4) is 0 Å². The number of carbonyl (C=O) groups is 3. The predicted molar refractivity (Wildman–Crippen MR) is 133 cm³/mol. The molecule has 3 rings (SSSR count). The third kappa shape index (κ3) is 5.45. The van der Waals surface area contributed by atoms with Gasteiger partial charge in [0, 0.05) is 49.6 Å². The minimum absolute atomic E-state index is 0.0180. The van der Waals surface area contributed by atoms with Gasteiger partial charge in [-0.2, -0.15) is 0 Å². The van der Waals surface area contributed by atoms with E-state index in [1.807, 2.05) is 25.2 Å². The molecule has 7 heteroatoms. The van der Waals surface area contributed by atoms with Crippen molar-refractivity contribution in [3.05, 3.63) is 47.6 Å². The summed E-state index contributed by atoms with van der Waals surface area (Å²) in [7, 11) is 1.60. The second-order valence-electron chi connectivity index (χ2n) is 10.7. The van der Waals surface area contributed by atoms with Crippen LogP contribution >= 0.6 is 0 Å². The van der Waals surface area contributed by atoms with Crippen LogP contribution in [0.1, 0.15) is 59.8 Å². The maximum Gasteiger partial charge on any atom is 0.331 e. The number of fused-ring (bicyclic) bond motifs is 2. The van der Waals surface area contributed by atoms with Crippen LogP contribution in [0.25, 0.3) is 0 Å². The van der Waals surface area contributed by atoms with E-state index in [-0.39, 0.29) is 23.7 Å². The van der Waals surface area contributed by atoms with E-state index in [1.54, 1.807) is 24.2 Å². The summed E-state index contributed by atoms with van der Waals surface area (Å²) in [5, 5.41) is 9.02. The molecule has 4 atom stereocenters. The first-order valence-corrected chi connectivity index (χ1v) is 12.5. The largest absolute Gasteiger partial charge is 0.481 e. The van der Waals surface area contributed by atoms with Crippen LogP contribution in [0.5, 0.6) is 0 Å². The molecule has 1 amide bonds. The molecule has 0 radical (unpaired) electrons. The maximum absolute atomic E-state index is 13.6. The lowest BCUT2D eigenvalue weighted by Crippen LogP contribution is -2.58. The van der Waals surface area contributed by atoms with Crippen molar-refractivity contribution in [3.8, 4) is 0 Å². The summed E-state index contributed by atoms with van der Waals surface area (Å²) in [6.45, 7) is 9.19. The number of nitrogens with zero attached hydrogens (tertiary/aromatic N) is 1. The van der Waals surface area contributed by atoms with Crippen molar-refractivity contribution < 1.29 is 29.0 Å². The molecular weight excluding hydrogens is 446 g/mol. The third-order valence-corrected chi connectivity index (χ3v) is 7.85. The first-order chi connectivity index (χ1) is 16.6. The fourth-order valence-corrected chi connectivity index (χ4v) is 6.60. The topological polar surface area (TPSA) is 93.1 Å². The van der Waals surface area contributed by atoms with E-state index in [9.17, 15) is 14.4 Å². The highest BCUT2D eigenvalue weighted by Gasteiger charge is 2.62. The number of carbonyl (C=O) groups excluding carboxylic acids is 2. The predicted octanol–water partition coefficient (Wildman–Crippen LogP) is 4.45. The van der Waals surface area contributed by atoms with Gasteiger partial charge in [0.25, 0.3) is 5.91 Å². The van der Waals surface area contributed by atoms with Crippen molar-refractivity contribution in [1.29, 1.82) is 0 Å². The monoisotopic (exact) mass is 485 g/mol. The summed E-state index contributed by atoms with van der Waals surface area (Å²) < 4.78 is 12.1. The molecule has 0 aromatic carbocycles. The number of esters is 1. The molecule has 1 saturated carbocycles. The molecule has 0 aromatic rings. The fourth-order valence-electron chi connectivity index (χ4n) is 6.60. The lowest BCUT2D eigenvalue weighted by Gasteiger charge is -2.57. The van der Waals surface area contributed by atoms with Crippen molar-refractivity contribution >= 4 is 17.8 Å². The maximum atomic E-state index is 13.6. The van der Waals surface area contributed by atoms with Crippen molar-refractivity contribution in [2.24, 2.45) is 16.7 Å². The molecule has 4 unspecified atom stereocenters. The smallest absolute Gasteiger partial charge is 0.331 e. The Morgan fingerprint density at radius 3 is 2.51 bits per heavy atom. The van der Waals surface area contributed by atoms with Gasteiger partial charge in [0.2, 0.25) is 0 Å². The molecule has 0 saturated heterocycles. The van der Waals surface area contributed by atoms with Gasteiger partial charge in [-0.15, -0.1) is 0 Å². The highest BCUT2D eigenvalue weighted by molar-refractivity contribution is 5.99. The number of carboxylic acid groups (broad SMARTS) is 1. The molecule has 0 bridgehead atoms. The molecule has 35 heavy (non-hydrogen) atoms. The molecule has 0 spiro atoms. The molecule has 1 aliphatic heterocycles. The van der Waals surface area contributed by atoms with Gasteiger partial charge in [-0.1, -0.05) is 57.6 Å². The van der Waals surface area contributed by atoms with Crippen LogP contribution in [0.4, 0.5) is 0 Å². The summed E-state index contributed by atoms with van der Waals surface area (Å²) in [5.41, 5.74) is 1.04. The molecule has 1 fully saturated rings. The molecule has 7 nitrogen and oxygen atoms in total. The van der Waals surface area contributed by atoms with E-state index in [1.165, 1.54) is 6.08 Å². The van der Waals surface area contributed by atoms with E-state index in [0.717, 1.165) is 30.4 Å². The fraction of sp³-hybridized carbons (Fsp3) is 0.607. The van der Waals surface area contributed by atoms with E-state index >= 15 is 0 Å². The number of hydrogen-bond donors (Lipinski definition) is 1. The van der Waals surface area contributed by atoms with Crippen molar-refractivity contribution in [2.45, 2.75) is 72.0 Å². The number of aliphatic carboxylic acids is 1. The molecule has 0 aromatic heterocycles. The van der Waals surface area contributed by atoms with Crippen LogP contribution in [-0.2, 0) is 23.9 Å². The SMILES string of the molecule is CC=CC=CC=CC(=O)OC1C(OC)C2=C(C(=O)N(CCCC(=O)O)C2)C2(C)CCCC(C)(C)C12. The van der Waals surface area contributed by atoms with Crippen LogP contribution in [0.2, 0.25) is 0 Å². The Hall–Kier alpha value is -2.67. The van der Waals surface area contributed by atoms with E-state index < -0.39 is 29.6 Å². The zero-order valence-corrected chi connectivity index (χ0v) is 21.6. The Labute approximate surface area is 208 Å². The van der Waals surface area contributed by atoms with E-state index in [0.29, 0.717) is 19.5 Å². The van der Waals surface area contributed by atoms with Gasteiger partial charge >= 0.3 is 11.9 Å². The Bertz CT molecular complexity index is 958. The summed E-state index contributed by atoms with van der Waals surface area (Å²) >= 11 is 0. The lowest BCUT2D eigenvalue weighted by molar-refractivity contribution is -0.173. The number of allylic oxidation sites excluding steroid dienone is 5. The number of rotatable bonds is 9. The van der Waals surface area contributed by atoms with Gasteiger partial charge in [0.1, 0.15) is 12.2 Å². The van der Waals surface area contributed by atoms with Gasteiger partial charge in [0.15, 0.2) is 0 Å². The minimum Gasteiger partial charge on any atom is -0.481 e. The van der Waals surface area contributed by atoms with Crippen LogP contribution in [-0.4, -0.2) is 60.3 Å². The third-order valence-electron chi connectivity index (χ3n) is 7.85. The number of methoxy groups -OCH3 is 1. The zero-order valence-electron chi connectivity index (χ0n) is 21.6. The molecule has 1 N–H and O–H groups in total. The van der Waals surface area contributed by atoms with Gasteiger partial charge in [-0.05, 0) is 37.2 Å². The highest BCUT2D eigenvalue weighted by atomic mass is 16.6. The van der Waals surface area contributed by atoms with Crippen LogP contribution in [0, 0.1) is 16.7 Å². The van der Waals surface area contributed by atoms with Crippen LogP contribution < -0.4 is 0 Å². The standard InChI is InChI=1S/C28H39NO6/c1-6-7-8-9-10-14-21(32)35-24-23(34-5)19-18-29(17-11-13-20(30)31)26(33)22(19)28(4)16-12-15-27(2,3)25(24)28/h6-10,14,23-25H,11-13,15-18H2,1-5H3,(H,30,31). The number of amides is 1. The van der Waals surface area contributed by atoms with Gasteiger partial charge in [-0.25, -0.2) is 4.79 Å². The Morgan fingerprint density at radius 1 is 1.14 bits per heavy atom. The van der Waals surface area contributed by atoms with Gasteiger partial charge in [-0.3, -0.25) is 9.59 Å². The van der Waals surface area contributed by atoms with Crippen molar-refractivity contribution in [2.75, 3.05) is 20.2 Å². The minimum atomic E-state index is -0.870. The quantitative estimate of drug-likeness (QED) is 0.295. The normalized spacial score (nSPS) is 30.4. The van der Waals surface area contributed by atoms with E-state index in [2.05, 4.69) is 20.8 Å². The van der Waals surface area contributed by atoms with Crippen molar-refractivity contribution in [3.63, 3.8) is 0 Å². The van der Waals surface area contributed by atoms with Crippen molar-refractivity contribution in [1.82, 2.24) is 4.90 Å². The molecular formula is C28H39NO6. The van der Waals surface area contributed by atoms with Crippen LogP contribution in [0.15, 0.2) is 47.6 Å². The molecule has 3 aliphatic rings. The second-order valence-corrected chi connectivity index (χ2v) is 10.7.